The minimum absolute atomic E-state index is 0.522. The number of aryl methyl sites for hydroxylation is 2. The third-order valence-corrected chi connectivity index (χ3v) is 2.84. The second kappa shape index (κ2) is 5.83. The van der Waals surface area contributed by atoms with E-state index in [0.717, 1.165) is 22.8 Å². The van der Waals surface area contributed by atoms with Crippen molar-refractivity contribution in [3.8, 4) is 17.0 Å². The lowest BCUT2D eigenvalue weighted by Crippen LogP contribution is -1.98. The maximum absolute atomic E-state index is 5.71. The molecule has 0 bridgehead atoms. The number of rotatable bonds is 4. The fourth-order valence-corrected chi connectivity index (χ4v) is 1.95. The molecule has 0 radical (unpaired) electrons. The molecule has 0 atom stereocenters. The molecule has 0 spiro atoms. The van der Waals surface area contributed by atoms with Crippen molar-refractivity contribution in [1.82, 2.24) is 9.97 Å². The second-order valence-corrected chi connectivity index (χ2v) is 4.38. The van der Waals surface area contributed by atoms with Gasteiger partial charge in [-0.25, -0.2) is 9.97 Å². The monoisotopic (exact) mass is 262 g/mol. The van der Waals surface area contributed by atoms with E-state index in [4.69, 9.17) is 16.3 Å². The molecular weight excluding hydrogens is 248 g/mol. The van der Waals surface area contributed by atoms with Gasteiger partial charge in [0.05, 0.1) is 12.8 Å². The van der Waals surface area contributed by atoms with E-state index < -0.39 is 0 Å². The Labute approximate surface area is 112 Å². The molecule has 2 aromatic rings. The van der Waals surface area contributed by atoms with Gasteiger partial charge in [0.25, 0.3) is 0 Å². The summed E-state index contributed by atoms with van der Waals surface area (Å²) in [5.74, 6) is 2.09. The zero-order valence-corrected chi connectivity index (χ0v) is 11.2. The van der Waals surface area contributed by atoms with E-state index in [9.17, 15) is 0 Å². The van der Waals surface area contributed by atoms with Gasteiger partial charge in [0.1, 0.15) is 11.6 Å². The Hall–Kier alpha value is -1.61. The van der Waals surface area contributed by atoms with Gasteiger partial charge in [-0.3, -0.25) is 0 Å². The van der Waals surface area contributed by atoms with Gasteiger partial charge in [-0.2, -0.15) is 0 Å². The van der Waals surface area contributed by atoms with Gasteiger partial charge >= 0.3 is 0 Å². The van der Waals surface area contributed by atoms with Gasteiger partial charge < -0.3 is 4.74 Å². The summed E-state index contributed by atoms with van der Waals surface area (Å²) in [5, 5.41) is 0. The minimum atomic E-state index is 0.522. The van der Waals surface area contributed by atoms with E-state index in [1.165, 1.54) is 5.56 Å². The van der Waals surface area contributed by atoms with Crippen molar-refractivity contribution < 1.29 is 4.74 Å². The molecule has 0 unspecified atom stereocenters. The number of halogens is 1. The van der Waals surface area contributed by atoms with Gasteiger partial charge in [0.2, 0.25) is 0 Å². The van der Waals surface area contributed by atoms with Gasteiger partial charge in [-0.05, 0) is 25.1 Å². The Morgan fingerprint density at radius 1 is 1.28 bits per heavy atom. The highest BCUT2D eigenvalue weighted by Crippen LogP contribution is 2.29. The van der Waals surface area contributed by atoms with Gasteiger partial charge in [-0.15, -0.1) is 11.6 Å². The predicted molar refractivity (Wildman–Crippen MR) is 73.2 cm³/mol. The van der Waals surface area contributed by atoms with Crippen molar-refractivity contribution in [3.05, 3.63) is 41.9 Å². The Morgan fingerprint density at radius 2 is 2.11 bits per heavy atom. The van der Waals surface area contributed by atoms with Crippen LogP contribution < -0.4 is 4.74 Å². The van der Waals surface area contributed by atoms with Gasteiger partial charge in [-0.1, -0.05) is 11.6 Å². The third-order valence-electron chi connectivity index (χ3n) is 2.65. The van der Waals surface area contributed by atoms with Crippen LogP contribution in [0, 0.1) is 6.92 Å². The van der Waals surface area contributed by atoms with E-state index in [1.54, 1.807) is 13.3 Å². The third kappa shape index (κ3) is 2.79. The summed E-state index contributed by atoms with van der Waals surface area (Å²) < 4.78 is 5.37. The zero-order chi connectivity index (χ0) is 13.0. The highest BCUT2D eigenvalue weighted by atomic mass is 35.5. The van der Waals surface area contributed by atoms with Crippen molar-refractivity contribution in [2.24, 2.45) is 0 Å². The standard InChI is InChI=1S/C14H15ClN2O/c1-10-3-4-13(18-2)11(9-10)12-6-8-16-14(17-12)5-7-15/h3-4,6,8-9H,5,7H2,1-2H3. The largest absolute Gasteiger partial charge is 0.496 e. The number of aromatic nitrogens is 2. The quantitative estimate of drug-likeness (QED) is 0.794. The molecule has 0 aliphatic rings. The van der Waals surface area contributed by atoms with Gasteiger partial charge in [0.15, 0.2) is 0 Å². The first-order valence-corrected chi connectivity index (χ1v) is 6.31. The van der Waals surface area contributed by atoms with Crippen LogP contribution in [0.25, 0.3) is 11.3 Å². The number of methoxy groups -OCH3 is 1. The highest BCUT2D eigenvalue weighted by Gasteiger charge is 2.08. The highest BCUT2D eigenvalue weighted by molar-refractivity contribution is 6.17. The smallest absolute Gasteiger partial charge is 0.130 e. The van der Waals surface area contributed by atoms with Crippen LogP contribution in [-0.2, 0) is 6.42 Å². The van der Waals surface area contributed by atoms with Crippen LogP contribution >= 0.6 is 11.6 Å². The van der Waals surface area contributed by atoms with Crippen LogP contribution in [-0.4, -0.2) is 23.0 Å². The van der Waals surface area contributed by atoms with Crippen LogP contribution in [0.3, 0.4) is 0 Å². The van der Waals surface area contributed by atoms with Crippen LogP contribution in [0.2, 0.25) is 0 Å². The summed E-state index contributed by atoms with van der Waals surface area (Å²) >= 11 is 5.71. The summed E-state index contributed by atoms with van der Waals surface area (Å²) in [7, 11) is 1.66. The van der Waals surface area contributed by atoms with E-state index in [-0.39, 0.29) is 0 Å². The molecule has 94 valence electrons. The number of alkyl halides is 1. The molecule has 1 aromatic carbocycles. The Kier molecular flexibility index (Phi) is 4.15. The lowest BCUT2D eigenvalue weighted by Gasteiger charge is -2.09. The Bertz CT molecular complexity index is 543. The maximum atomic E-state index is 5.71. The van der Waals surface area contributed by atoms with E-state index in [1.807, 2.05) is 25.1 Å². The molecule has 4 heteroatoms. The van der Waals surface area contributed by atoms with Crippen LogP contribution in [0.5, 0.6) is 5.75 Å². The first kappa shape index (κ1) is 12.8. The number of hydrogen-bond acceptors (Lipinski definition) is 3. The average Bonchev–Trinajstić information content (AvgIpc) is 2.39. The molecular formula is C14H15ClN2O. The minimum Gasteiger partial charge on any atom is -0.496 e. The van der Waals surface area contributed by atoms with Crippen LogP contribution in [0.4, 0.5) is 0 Å². The fourth-order valence-electron chi connectivity index (χ4n) is 1.78. The first-order valence-electron chi connectivity index (χ1n) is 5.77. The van der Waals surface area contributed by atoms with Crippen LogP contribution in [0.1, 0.15) is 11.4 Å². The van der Waals surface area contributed by atoms with Crippen molar-refractivity contribution >= 4 is 11.6 Å². The molecule has 0 N–H and O–H groups in total. The van der Waals surface area contributed by atoms with E-state index in [2.05, 4.69) is 16.0 Å². The molecule has 0 saturated carbocycles. The van der Waals surface area contributed by atoms with Crippen molar-refractivity contribution in [1.29, 1.82) is 0 Å². The van der Waals surface area contributed by atoms with Crippen molar-refractivity contribution in [2.45, 2.75) is 13.3 Å². The van der Waals surface area contributed by atoms with Gasteiger partial charge in [0, 0.05) is 24.1 Å². The molecule has 2 rings (SSSR count). The molecule has 0 aliphatic heterocycles. The van der Waals surface area contributed by atoms with Crippen LogP contribution in [0.15, 0.2) is 30.5 Å². The summed E-state index contributed by atoms with van der Waals surface area (Å²) in [4.78, 5) is 8.70. The van der Waals surface area contributed by atoms with Crippen molar-refractivity contribution in [2.75, 3.05) is 13.0 Å². The maximum Gasteiger partial charge on any atom is 0.130 e. The lowest BCUT2D eigenvalue weighted by atomic mass is 10.1. The molecule has 0 amide bonds. The molecule has 0 fully saturated rings. The number of benzene rings is 1. The predicted octanol–water partition coefficient (Wildman–Crippen LogP) is 3.24. The summed E-state index contributed by atoms with van der Waals surface area (Å²) in [5.41, 5.74) is 3.02. The summed E-state index contributed by atoms with van der Waals surface area (Å²) in [6.07, 6.45) is 2.43. The molecule has 18 heavy (non-hydrogen) atoms. The fraction of sp³-hybridized carbons (Fsp3) is 0.286. The topological polar surface area (TPSA) is 35.0 Å². The SMILES string of the molecule is COc1ccc(C)cc1-c1ccnc(CCCl)n1. The zero-order valence-electron chi connectivity index (χ0n) is 10.5. The Balaban J connectivity index is 2.47. The lowest BCUT2D eigenvalue weighted by molar-refractivity contribution is 0.416. The molecule has 1 aromatic heterocycles. The second-order valence-electron chi connectivity index (χ2n) is 4.00. The van der Waals surface area contributed by atoms with Crippen molar-refractivity contribution in [3.63, 3.8) is 0 Å². The van der Waals surface area contributed by atoms with E-state index >= 15 is 0 Å². The average molecular weight is 263 g/mol. The molecule has 3 nitrogen and oxygen atoms in total. The number of ether oxygens (including phenoxy) is 1. The molecule has 1 heterocycles. The number of hydrogen-bond donors (Lipinski definition) is 0. The number of nitrogens with zero attached hydrogens (tertiary/aromatic N) is 2. The molecule has 0 saturated heterocycles. The summed E-state index contributed by atoms with van der Waals surface area (Å²) in [6, 6.07) is 7.91. The van der Waals surface area contributed by atoms with E-state index in [0.29, 0.717) is 12.3 Å². The first-order chi connectivity index (χ1) is 8.74. The Morgan fingerprint density at radius 3 is 2.83 bits per heavy atom. The normalized spacial score (nSPS) is 10.4. The molecule has 0 aliphatic carbocycles. The summed E-state index contributed by atoms with van der Waals surface area (Å²) in [6.45, 7) is 2.05.